The van der Waals surface area contributed by atoms with Crippen LogP contribution in [-0.4, -0.2) is 39.8 Å². The molecule has 4 rings (SSSR count). The van der Waals surface area contributed by atoms with Crippen LogP contribution in [0.4, 0.5) is 5.13 Å². The van der Waals surface area contributed by atoms with Gasteiger partial charge in [0.2, 0.25) is 0 Å². The number of amides is 1. The summed E-state index contributed by atoms with van der Waals surface area (Å²) in [5.74, 6) is -0.0865. The molecule has 0 radical (unpaired) electrons. The first-order chi connectivity index (χ1) is 12.6. The Morgan fingerprint density at radius 1 is 1.31 bits per heavy atom. The molecule has 1 saturated heterocycles. The second kappa shape index (κ2) is 7.07. The molecule has 26 heavy (non-hydrogen) atoms. The van der Waals surface area contributed by atoms with Crippen LogP contribution in [0.5, 0.6) is 0 Å². The SMILES string of the molecule is CCc1cccc2sc(N3CCC(NC(=O)c4ccn(C)n4)CC3)nc12. The molecule has 1 aromatic carbocycles. The number of nitrogens with zero attached hydrogens (tertiary/aromatic N) is 4. The zero-order valence-electron chi connectivity index (χ0n) is 15.1. The third-order valence-electron chi connectivity index (χ3n) is 4.92. The molecule has 1 aliphatic heterocycles. The average molecular weight is 369 g/mol. The van der Waals surface area contributed by atoms with Crippen LogP contribution < -0.4 is 10.2 Å². The van der Waals surface area contributed by atoms with E-state index in [0.717, 1.165) is 43.0 Å². The van der Waals surface area contributed by atoms with Gasteiger partial charge in [-0.15, -0.1) is 0 Å². The molecule has 1 amide bonds. The highest BCUT2D eigenvalue weighted by molar-refractivity contribution is 7.22. The number of hydrogen-bond donors (Lipinski definition) is 1. The quantitative estimate of drug-likeness (QED) is 0.768. The summed E-state index contributed by atoms with van der Waals surface area (Å²) in [6, 6.07) is 8.36. The second-order valence-electron chi connectivity index (χ2n) is 6.72. The minimum absolute atomic E-state index is 0.0865. The first-order valence-corrected chi connectivity index (χ1v) is 9.89. The highest BCUT2D eigenvalue weighted by Crippen LogP contribution is 2.32. The number of piperidine rings is 1. The van der Waals surface area contributed by atoms with E-state index in [9.17, 15) is 4.79 Å². The summed E-state index contributed by atoms with van der Waals surface area (Å²) in [5.41, 5.74) is 2.93. The van der Waals surface area contributed by atoms with Gasteiger partial charge in [-0.3, -0.25) is 9.48 Å². The molecule has 0 atom stereocenters. The first-order valence-electron chi connectivity index (χ1n) is 9.08. The maximum atomic E-state index is 12.3. The molecule has 3 heterocycles. The van der Waals surface area contributed by atoms with Crippen molar-refractivity contribution in [2.24, 2.45) is 7.05 Å². The molecule has 1 aliphatic rings. The molecule has 6 nitrogen and oxygen atoms in total. The lowest BCUT2D eigenvalue weighted by Gasteiger charge is -2.32. The molecule has 7 heteroatoms. The van der Waals surface area contributed by atoms with E-state index in [1.807, 2.05) is 7.05 Å². The van der Waals surface area contributed by atoms with Gasteiger partial charge in [0.05, 0.1) is 10.2 Å². The lowest BCUT2D eigenvalue weighted by atomic mass is 10.1. The Balaban J connectivity index is 1.40. The van der Waals surface area contributed by atoms with Crippen LogP contribution in [0.15, 0.2) is 30.5 Å². The Bertz CT molecular complexity index is 923. The fourth-order valence-corrected chi connectivity index (χ4v) is 4.49. The number of thiazole rings is 1. The minimum Gasteiger partial charge on any atom is -0.348 e. The van der Waals surface area contributed by atoms with Crippen LogP contribution in [-0.2, 0) is 13.5 Å². The number of rotatable bonds is 4. The van der Waals surface area contributed by atoms with Gasteiger partial charge in [0.1, 0.15) is 5.69 Å². The van der Waals surface area contributed by atoms with Gasteiger partial charge in [-0.05, 0) is 37.0 Å². The van der Waals surface area contributed by atoms with Crippen molar-refractivity contribution in [3.8, 4) is 0 Å². The van der Waals surface area contributed by atoms with Gasteiger partial charge in [-0.2, -0.15) is 5.10 Å². The molecule has 2 aromatic heterocycles. The van der Waals surface area contributed by atoms with Gasteiger partial charge in [0.25, 0.3) is 5.91 Å². The van der Waals surface area contributed by atoms with Gasteiger partial charge in [0.15, 0.2) is 5.13 Å². The third kappa shape index (κ3) is 3.31. The summed E-state index contributed by atoms with van der Waals surface area (Å²) in [4.78, 5) is 19.5. The smallest absolute Gasteiger partial charge is 0.271 e. The number of aryl methyl sites for hydroxylation is 2. The molecule has 136 valence electrons. The van der Waals surface area contributed by atoms with Gasteiger partial charge < -0.3 is 10.2 Å². The first kappa shape index (κ1) is 17.0. The Morgan fingerprint density at radius 2 is 2.12 bits per heavy atom. The number of carbonyl (C=O) groups is 1. The number of hydrogen-bond acceptors (Lipinski definition) is 5. The Kier molecular flexibility index (Phi) is 4.63. The van der Waals surface area contributed by atoms with E-state index in [-0.39, 0.29) is 11.9 Å². The lowest BCUT2D eigenvalue weighted by Crippen LogP contribution is -2.44. The van der Waals surface area contributed by atoms with Crippen LogP contribution in [0.25, 0.3) is 10.2 Å². The Labute approximate surface area is 156 Å². The normalized spacial score (nSPS) is 15.5. The number of aromatic nitrogens is 3. The molecule has 0 spiro atoms. The summed E-state index contributed by atoms with van der Waals surface area (Å²) in [7, 11) is 1.82. The number of nitrogens with one attached hydrogen (secondary N) is 1. The summed E-state index contributed by atoms with van der Waals surface area (Å²) in [6.45, 7) is 3.99. The van der Waals surface area contributed by atoms with E-state index in [4.69, 9.17) is 4.98 Å². The summed E-state index contributed by atoms with van der Waals surface area (Å²) >= 11 is 1.76. The number of benzene rings is 1. The molecule has 1 N–H and O–H groups in total. The number of carbonyl (C=O) groups excluding carboxylic acids is 1. The fraction of sp³-hybridized carbons (Fsp3) is 0.421. The summed E-state index contributed by atoms with van der Waals surface area (Å²) in [6.07, 6.45) is 4.64. The van der Waals surface area contributed by atoms with Crippen molar-refractivity contribution in [2.45, 2.75) is 32.2 Å². The van der Waals surface area contributed by atoms with E-state index in [2.05, 4.69) is 40.4 Å². The van der Waals surface area contributed by atoms with Gasteiger partial charge in [-0.25, -0.2) is 4.98 Å². The van der Waals surface area contributed by atoms with Gasteiger partial charge in [0, 0.05) is 32.4 Å². The molecule has 0 bridgehead atoms. The van der Waals surface area contributed by atoms with Crippen molar-refractivity contribution >= 4 is 32.6 Å². The van der Waals surface area contributed by atoms with Crippen molar-refractivity contribution in [3.05, 3.63) is 41.7 Å². The van der Waals surface area contributed by atoms with Gasteiger partial charge >= 0.3 is 0 Å². The maximum absolute atomic E-state index is 12.3. The number of fused-ring (bicyclic) bond motifs is 1. The van der Waals surface area contributed by atoms with Crippen molar-refractivity contribution in [1.29, 1.82) is 0 Å². The number of anilines is 1. The molecule has 0 saturated carbocycles. The molecular formula is C19H23N5OS. The predicted octanol–water partition coefficient (Wildman–Crippen LogP) is 2.99. The third-order valence-corrected chi connectivity index (χ3v) is 6.00. The van der Waals surface area contributed by atoms with E-state index >= 15 is 0 Å². The second-order valence-corrected chi connectivity index (χ2v) is 7.73. The van der Waals surface area contributed by atoms with Crippen LogP contribution >= 0.6 is 11.3 Å². The largest absolute Gasteiger partial charge is 0.348 e. The Morgan fingerprint density at radius 3 is 2.81 bits per heavy atom. The minimum atomic E-state index is -0.0865. The van der Waals surface area contributed by atoms with E-state index < -0.39 is 0 Å². The zero-order chi connectivity index (χ0) is 18.1. The van der Waals surface area contributed by atoms with E-state index in [1.165, 1.54) is 10.3 Å². The topological polar surface area (TPSA) is 63.1 Å². The fourth-order valence-electron chi connectivity index (χ4n) is 3.43. The van der Waals surface area contributed by atoms with Crippen LogP contribution in [0.3, 0.4) is 0 Å². The average Bonchev–Trinajstić information content (AvgIpc) is 3.28. The molecule has 0 unspecified atom stereocenters. The van der Waals surface area contributed by atoms with Crippen LogP contribution in [0.2, 0.25) is 0 Å². The van der Waals surface area contributed by atoms with Gasteiger partial charge in [-0.1, -0.05) is 30.4 Å². The molecule has 0 aliphatic carbocycles. The monoisotopic (exact) mass is 369 g/mol. The summed E-state index contributed by atoms with van der Waals surface area (Å²) < 4.78 is 2.90. The predicted molar refractivity (Wildman–Crippen MR) is 105 cm³/mol. The molecule has 3 aromatic rings. The van der Waals surface area contributed by atoms with Crippen molar-refractivity contribution in [1.82, 2.24) is 20.1 Å². The van der Waals surface area contributed by atoms with Crippen LogP contribution in [0, 0.1) is 0 Å². The van der Waals surface area contributed by atoms with E-state index in [1.54, 1.807) is 28.3 Å². The van der Waals surface area contributed by atoms with Crippen molar-refractivity contribution < 1.29 is 4.79 Å². The highest BCUT2D eigenvalue weighted by atomic mass is 32.1. The molecular weight excluding hydrogens is 346 g/mol. The van der Waals surface area contributed by atoms with Crippen LogP contribution in [0.1, 0.15) is 35.8 Å². The van der Waals surface area contributed by atoms with Crippen molar-refractivity contribution in [3.63, 3.8) is 0 Å². The van der Waals surface area contributed by atoms with E-state index in [0.29, 0.717) is 5.69 Å². The Hall–Kier alpha value is -2.41. The lowest BCUT2D eigenvalue weighted by molar-refractivity contribution is 0.0925. The maximum Gasteiger partial charge on any atom is 0.271 e. The highest BCUT2D eigenvalue weighted by Gasteiger charge is 2.24. The number of para-hydroxylation sites is 1. The summed E-state index contributed by atoms with van der Waals surface area (Å²) in [5, 5.41) is 8.36. The zero-order valence-corrected chi connectivity index (χ0v) is 15.9. The van der Waals surface area contributed by atoms with Crippen molar-refractivity contribution in [2.75, 3.05) is 18.0 Å². The molecule has 1 fully saturated rings. The standard InChI is InChI=1S/C19H23N5OS/c1-3-13-5-4-6-16-17(13)21-19(26-16)24-11-7-14(8-12-24)20-18(25)15-9-10-23(2)22-15/h4-6,9-10,14H,3,7-8,11-12H2,1-2H3,(H,20,25).